The fourth-order valence-corrected chi connectivity index (χ4v) is 2.98. The highest BCUT2D eigenvalue weighted by molar-refractivity contribution is 6.36. The number of benzene rings is 2. The molecule has 1 heterocycles. The normalized spacial score (nSPS) is 14.1. The number of hydrogen-bond donors (Lipinski definition) is 1. The molecule has 0 unspecified atom stereocenters. The molecule has 6 heteroatoms. The molecule has 5 nitrogen and oxygen atoms in total. The van der Waals surface area contributed by atoms with Crippen molar-refractivity contribution in [2.45, 2.75) is 20.3 Å². The molecular formula is C21H21FN2O3. The van der Waals surface area contributed by atoms with Crippen LogP contribution in [0, 0.1) is 5.82 Å². The number of halogens is 1. The molecule has 1 aliphatic rings. The zero-order valence-corrected chi connectivity index (χ0v) is 15.3. The number of nitrogens with zero attached hydrogens (tertiary/aromatic N) is 1. The van der Waals surface area contributed by atoms with Crippen molar-refractivity contribution in [1.82, 2.24) is 4.90 Å². The first-order valence-corrected chi connectivity index (χ1v) is 8.91. The first-order chi connectivity index (χ1) is 13.0. The SMILES string of the molecule is CCCN1C(=O)C(Nc2cccc(F)c2)=C(c2ccc(OCC)cc2)C1=O. The van der Waals surface area contributed by atoms with E-state index in [1.165, 1.54) is 17.0 Å². The maximum Gasteiger partial charge on any atom is 0.278 e. The summed E-state index contributed by atoms with van der Waals surface area (Å²) in [6.07, 6.45) is 0.654. The molecule has 1 N–H and O–H groups in total. The van der Waals surface area contributed by atoms with Gasteiger partial charge in [0.05, 0.1) is 12.2 Å². The predicted octanol–water partition coefficient (Wildman–Crippen LogP) is 3.83. The molecule has 1 aliphatic heterocycles. The topological polar surface area (TPSA) is 58.6 Å². The second-order valence-electron chi connectivity index (χ2n) is 6.10. The van der Waals surface area contributed by atoms with E-state index >= 15 is 0 Å². The second kappa shape index (κ2) is 8.03. The Morgan fingerprint density at radius 1 is 1.04 bits per heavy atom. The first-order valence-electron chi connectivity index (χ1n) is 8.91. The third kappa shape index (κ3) is 3.84. The van der Waals surface area contributed by atoms with E-state index in [0.717, 1.165) is 0 Å². The number of imide groups is 1. The van der Waals surface area contributed by atoms with Crippen LogP contribution in [0.3, 0.4) is 0 Å². The zero-order chi connectivity index (χ0) is 19.4. The number of ether oxygens (including phenoxy) is 1. The molecule has 27 heavy (non-hydrogen) atoms. The quantitative estimate of drug-likeness (QED) is 0.755. The van der Waals surface area contributed by atoms with Gasteiger partial charge in [0, 0.05) is 12.2 Å². The predicted molar refractivity (Wildman–Crippen MR) is 102 cm³/mol. The lowest BCUT2D eigenvalue weighted by Crippen LogP contribution is -2.33. The Labute approximate surface area is 157 Å². The Kier molecular flexibility index (Phi) is 5.54. The summed E-state index contributed by atoms with van der Waals surface area (Å²) in [7, 11) is 0. The molecule has 0 aliphatic carbocycles. The van der Waals surface area contributed by atoms with Gasteiger partial charge in [0.2, 0.25) is 0 Å². The van der Waals surface area contributed by atoms with Crippen molar-refractivity contribution in [3.05, 3.63) is 65.6 Å². The minimum atomic E-state index is -0.426. The van der Waals surface area contributed by atoms with Crippen LogP contribution in [-0.2, 0) is 9.59 Å². The number of rotatable bonds is 7. The van der Waals surface area contributed by atoms with Gasteiger partial charge in [-0.15, -0.1) is 0 Å². The molecule has 0 atom stereocenters. The van der Waals surface area contributed by atoms with Crippen LogP contribution in [0.25, 0.3) is 5.57 Å². The summed E-state index contributed by atoms with van der Waals surface area (Å²) in [6.45, 7) is 4.65. The second-order valence-corrected chi connectivity index (χ2v) is 6.10. The average Bonchev–Trinajstić information content (AvgIpc) is 2.88. The van der Waals surface area contributed by atoms with Gasteiger partial charge in [-0.05, 0) is 49.2 Å². The van der Waals surface area contributed by atoms with E-state index in [2.05, 4.69) is 5.32 Å². The van der Waals surface area contributed by atoms with Crippen LogP contribution in [0.15, 0.2) is 54.2 Å². The molecule has 0 bridgehead atoms. The van der Waals surface area contributed by atoms with Crippen molar-refractivity contribution in [3.8, 4) is 5.75 Å². The summed E-state index contributed by atoms with van der Waals surface area (Å²) in [5.74, 6) is -0.506. The molecule has 0 radical (unpaired) electrons. The lowest BCUT2D eigenvalue weighted by atomic mass is 10.0. The smallest absolute Gasteiger partial charge is 0.278 e. The standard InChI is InChI=1S/C21H21FN2O3/c1-3-12-24-20(25)18(14-8-10-17(11-9-14)27-4-2)19(21(24)26)23-16-7-5-6-15(22)13-16/h5-11,13,23H,3-4,12H2,1-2H3. The molecule has 0 aromatic heterocycles. The van der Waals surface area contributed by atoms with Gasteiger partial charge in [-0.1, -0.05) is 25.1 Å². The summed E-state index contributed by atoms with van der Waals surface area (Å²) in [6, 6.07) is 12.8. The van der Waals surface area contributed by atoms with Gasteiger partial charge in [-0.25, -0.2) is 4.39 Å². The van der Waals surface area contributed by atoms with E-state index in [1.54, 1.807) is 36.4 Å². The highest BCUT2D eigenvalue weighted by atomic mass is 19.1. The summed E-state index contributed by atoms with van der Waals surface area (Å²) in [4.78, 5) is 26.9. The van der Waals surface area contributed by atoms with Crippen molar-refractivity contribution in [1.29, 1.82) is 0 Å². The van der Waals surface area contributed by atoms with Crippen molar-refractivity contribution >= 4 is 23.1 Å². The third-order valence-corrected chi connectivity index (χ3v) is 4.16. The summed E-state index contributed by atoms with van der Waals surface area (Å²) in [5, 5.41) is 2.93. The van der Waals surface area contributed by atoms with Gasteiger partial charge < -0.3 is 10.1 Å². The molecule has 2 aromatic carbocycles. The molecule has 0 spiro atoms. The van der Waals surface area contributed by atoms with Crippen LogP contribution in [0.5, 0.6) is 5.75 Å². The summed E-state index contributed by atoms with van der Waals surface area (Å²) >= 11 is 0. The fraction of sp³-hybridized carbons (Fsp3) is 0.238. The van der Waals surface area contributed by atoms with E-state index in [4.69, 9.17) is 4.74 Å². The van der Waals surface area contributed by atoms with Crippen molar-refractivity contribution in [2.24, 2.45) is 0 Å². The molecule has 0 saturated carbocycles. The number of amides is 2. The minimum Gasteiger partial charge on any atom is -0.494 e. The zero-order valence-electron chi connectivity index (χ0n) is 15.3. The van der Waals surface area contributed by atoms with Crippen LogP contribution in [0.4, 0.5) is 10.1 Å². The van der Waals surface area contributed by atoms with E-state index in [1.807, 2.05) is 13.8 Å². The van der Waals surface area contributed by atoms with Gasteiger partial charge >= 0.3 is 0 Å². The largest absolute Gasteiger partial charge is 0.494 e. The number of anilines is 1. The van der Waals surface area contributed by atoms with Gasteiger partial charge in [-0.3, -0.25) is 14.5 Å². The van der Waals surface area contributed by atoms with Crippen LogP contribution in [-0.4, -0.2) is 29.9 Å². The van der Waals surface area contributed by atoms with Gasteiger partial charge in [0.25, 0.3) is 11.8 Å². The van der Waals surface area contributed by atoms with E-state index in [0.29, 0.717) is 36.6 Å². The van der Waals surface area contributed by atoms with E-state index in [9.17, 15) is 14.0 Å². The third-order valence-electron chi connectivity index (χ3n) is 4.16. The first kappa shape index (κ1) is 18.6. The van der Waals surface area contributed by atoms with Gasteiger partial charge in [0.15, 0.2) is 0 Å². The van der Waals surface area contributed by atoms with Gasteiger partial charge in [0.1, 0.15) is 17.3 Å². The van der Waals surface area contributed by atoms with Gasteiger partial charge in [-0.2, -0.15) is 0 Å². The number of hydrogen-bond acceptors (Lipinski definition) is 4. The Balaban J connectivity index is 2.03. The Bertz CT molecular complexity index is 891. The molecule has 140 valence electrons. The molecular weight excluding hydrogens is 347 g/mol. The van der Waals surface area contributed by atoms with Crippen LogP contribution in [0.2, 0.25) is 0 Å². The van der Waals surface area contributed by atoms with E-state index in [-0.39, 0.29) is 17.2 Å². The average molecular weight is 368 g/mol. The minimum absolute atomic E-state index is 0.156. The Morgan fingerprint density at radius 3 is 2.41 bits per heavy atom. The van der Waals surface area contributed by atoms with E-state index < -0.39 is 11.7 Å². The highest BCUT2D eigenvalue weighted by Crippen LogP contribution is 2.31. The monoisotopic (exact) mass is 368 g/mol. The van der Waals surface area contributed by atoms with Crippen LogP contribution in [0.1, 0.15) is 25.8 Å². The fourth-order valence-electron chi connectivity index (χ4n) is 2.98. The number of carbonyl (C=O) groups is 2. The maximum atomic E-state index is 13.5. The molecule has 0 saturated heterocycles. The van der Waals surface area contributed by atoms with Crippen LogP contribution >= 0.6 is 0 Å². The molecule has 3 rings (SSSR count). The number of carbonyl (C=O) groups excluding carboxylic acids is 2. The van der Waals surface area contributed by atoms with Crippen molar-refractivity contribution in [2.75, 3.05) is 18.5 Å². The van der Waals surface area contributed by atoms with Crippen LogP contribution < -0.4 is 10.1 Å². The molecule has 2 amide bonds. The lowest BCUT2D eigenvalue weighted by molar-refractivity contribution is -0.136. The molecule has 2 aromatic rings. The van der Waals surface area contributed by atoms with Crippen molar-refractivity contribution in [3.63, 3.8) is 0 Å². The lowest BCUT2D eigenvalue weighted by Gasteiger charge is -2.13. The Hall–Kier alpha value is -3.15. The summed E-state index contributed by atoms with van der Waals surface area (Å²) < 4.78 is 18.9. The van der Waals surface area contributed by atoms with Crippen molar-refractivity contribution < 1.29 is 18.7 Å². The molecule has 0 fully saturated rings. The maximum absolute atomic E-state index is 13.5. The Morgan fingerprint density at radius 2 is 1.78 bits per heavy atom. The highest BCUT2D eigenvalue weighted by Gasteiger charge is 2.38. The summed E-state index contributed by atoms with van der Waals surface area (Å²) in [5.41, 5.74) is 1.45. The number of nitrogens with one attached hydrogen (secondary N) is 1.